The zero-order valence-corrected chi connectivity index (χ0v) is 14.3. The molecule has 0 radical (unpaired) electrons. The highest BCUT2D eigenvalue weighted by Crippen LogP contribution is 2.16. The Hall–Kier alpha value is -2.14. The Kier molecular flexibility index (Phi) is 5.93. The van der Waals surface area contributed by atoms with Gasteiger partial charge in [-0.1, -0.05) is 0 Å². The van der Waals surface area contributed by atoms with E-state index < -0.39 is 0 Å². The van der Waals surface area contributed by atoms with Gasteiger partial charge < -0.3 is 10.3 Å². The van der Waals surface area contributed by atoms with Gasteiger partial charge in [-0.15, -0.1) is 0 Å². The van der Waals surface area contributed by atoms with E-state index in [0.717, 1.165) is 23.1 Å². The minimum atomic E-state index is -0.0734. The van der Waals surface area contributed by atoms with Crippen molar-refractivity contribution in [2.45, 2.75) is 39.8 Å². The number of carbonyl (C=O) groups excluding carboxylic acids is 1. The zero-order valence-electron chi connectivity index (χ0n) is 14.3. The molecule has 0 saturated carbocycles. The van der Waals surface area contributed by atoms with Crippen molar-refractivity contribution < 1.29 is 4.79 Å². The predicted octanol–water partition coefficient (Wildman–Crippen LogP) is 2.81. The summed E-state index contributed by atoms with van der Waals surface area (Å²) < 4.78 is 0. The van der Waals surface area contributed by atoms with Crippen LogP contribution in [0.25, 0.3) is 17.1 Å². The maximum atomic E-state index is 12.0. The summed E-state index contributed by atoms with van der Waals surface area (Å²) in [7, 11) is 0. The molecule has 0 bridgehead atoms. The molecule has 0 aliphatic rings. The van der Waals surface area contributed by atoms with Crippen LogP contribution in [0.2, 0.25) is 0 Å². The van der Waals surface area contributed by atoms with Crippen molar-refractivity contribution in [1.29, 1.82) is 0 Å². The van der Waals surface area contributed by atoms with Gasteiger partial charge in [0.1, 0.15) is 5.65 Å². The van der Waals surface area contributed by atoms with Gasteiger partial charge in [-0.05, 0) is 45.9 Å². The number of carbonyl (C=O) groups is 1. The average Bonchev–Trinajstić information content (AvgIpc) is 2.92. The minimum Gasteiger partial charge on any atom is -0.351 e. The molecule has 2 N–H and O–H groups in total. The molecule has 0 atom stereocenters. The third-order valence-corrected chi connectivity index (χ3v) is 3.89. The van der Waals surface area contributed by atoms with Crippen molar-refractivity contribution in [3.05, 3.63) is 36.2 Å². The van der Waals surface area contributed by atoms with Crippen molar-refractivity contribution in [2.75, 3.05) is 13.1 Å². The van der Waals surface area contributed by atoms with E-state index in [2.05, 4.69) is 47.9 Å². The second kappa shape index (κ2) is 7.92. The van der Waals surface area contributed by atoms with E-state index in [1.54, 1.807) is 12.3 Å². The number of rotatable bonds is 7. The molecule has 0 aliphatic heterocycles. The number of nitrogens with one attached hydrogen (secondary N) is 2. The van der Waals surface area contributed by atoms with E-state index in [1.807, 2.05) is 24.4 Å². The smallest absolute Gasteiger partial charge is 0.244 e. The van der Waals surface area contributed by atoms with Gasteiger partial charge in [0, 0.05) is 54.6 Å². The molecule has 2 heterocycles. The maximum Gasteiger partial charge on any atom is 0.244 e. The SMILES string of the molecule is CC(C)N(CCNC(=O)/C=C/c1c[nH]c2ncccc12)C(C)C. The Bertz CT molecular complexity index is 664. The summed E-state index contributed by atoms with van der Waals surface area (Å²) in [6.07, 6.45) is 7.00. The number of aromatic amines is 1. The normalized spacial score (nSPS) is 12.1. The van der Waals surface area contributed by atoms with E-state index in [1.165, 1.54) is 0 Å². The number of fused-ring (bicyclic) bond motifs is 1. The van der Waals surface area contributed by atoms with Crippen molar-refractivity contribution in [3.63, 3.8) is 0 Å². The fraction of sp³-hybridized carbons (Fsp3) is 0.444. The predicted molar refractivity (Wildman–Crippen MR) is 95.1 cm³/mol. The lowest BCUT2D eigenvalue weighted by Gasteiger charge is -2.30. The molecule has 0 fully saturated rings. The van der Waals surface area contributed by atoms with Crippen LogP contribution in [0.4, 0.5) is 0 Å². The zero-order chi connectivity index (χ0) is 16.8. The fourth-order valence-electron chi connectivity index (χ4n) is 2.76. The second-order valence-corrected chi connectivity index (χ2v) is 6.19. The number of nitrogens with zero attached hydrogens (tertiary/aromatic N) is 2. The molecule has 5 nitrogen and oxygen atoms in total. The first kappa shape index (κ1) is 17.2. The topological polar surface area (TPSA) is 61.0 Å². The second-order valence-electron chi connectivity index (χ2n) is 6.19. The largest absolute Gasteiger partial charge is 0.351 e. The van der Waals surface area contributed by atoms with E-state index in [0.29, 0.717) is 18.6 Å². The lowest BCUT2D eigenvalue weighted by Crippen LogP contribution is -2.42. The summed E-state index contributed by atoms with van der Waals surface area (Å²) in [5.74, 6) is -0.0734. The number of aromatic nitrogens is 2. The highest BCUT2D eigenvalue weighted by molar-refractivity contribution is 5.95. The van der Waals surface area contributed by atoms with Crippen molar-refractivity contribution in [2.24, 2.45) is 0 Å². The van der Waals surface area contributed by atoms with Crippen molar-refractivity contribution in [1.82, 2.24) is 20.2 Å². The Labute approximate surface area is 137 Å². The molecule has 0 saturated heterocycles. The Morgan fingerprint density at radius 3 is 2.78 bits per heavy atom. The third kappa shape index (κ3) is 4.66. The summed E-state index contributed by atoms with van der Waals surface area (Å²) in [6.45, 7) is 10.2. The summed E-state index contributed by atoms with van der Waals surface area (Å²) >= 11 is 0. The Morgan fingerprint density at radius 1 is 1.35 bits per heavy atom. The summed E-state index contributed by atoms with van der Waals surface area (Å²) in [6, 6.07) is 4.82. The lowest BCUT2D eigenvalue weighted by atomic mass is 10.2. The maximum absolute atomic E-state index is 12.0. The summed E-state index contributed by atoms with van der Waals surface area (Å²) in [5, 5.41) is 3.96. The van der Waals surface area contributed by atoms with Gasteiger partial charge in [-0.25, -0.2) is 4.98 Å². The molecule has 0 spiro atoms. The first-order valence-corrected chi connectivity index (χ1v) is 8.12. The van der Waals surface area contributed by atoms with Crippen LogP contribution < -0.4 is 5.32 Å². The number of hydrogen-bond acceptors (Lipinski definition) is 3. The third-order valence-electron chi connectivity index (χ3n) is 3.89. The minimum absolute atomic E-state index is 0.0734. The van der Waals surface area contributed by atoms with E-state index >= 15 is 0 Å². The molecule has 0 unspecified atom stereocenters. The van der Waals surface area contributed by atoms with Crippen LogP contribution in [-0.2, 0) is 4.79 Å². The van der Waals surface area contributed by atoms with E-state index in [4.69, 9.17) is 0 Å². The monoisotopic (exact) mass is 314 g/mol. The van der Waals surface area contributed by atoms with Gasteiger partial charge in [-0.3, -0.25) is 9.69 Å². The summed E-state index contributed by atoms with van der Waals surface area (Å²) in [4.78, 5) is 21.6. The summed E-state index contributed by atoms with van der Waals surface area (Å²) in [5.41, 5.74) is 1.80. The average molecular weight is 314 g/mol. The van der Waals surface area contributed by atoms with Crippen LogP contribution in [0.5, 0.6) is 0 Å². The lowest BCUT2D eigenvalue weighted by molar-refractivity contribution is -0.116. The van der Waals surface area contributed by atoms with Crippen LogP contribution in [0, 0.1) is 0 Å². The van der Waals surface area contributed by atoms with Gasteiger partial charge in [0.25, 0.3) is 0 Å². The molecule has 5 heteroatoms. The van der Waals surface area contributed by atoms with Crippen LogP contribution in [-0.4, -0.2) is 45.9 Å². The molecule has 0 aromatic carbocycles. The number of pyridine rings is 1. The van der Waals surface area contributed by atoms with Crippen molar-refractivity contribution >= 4 is 23.0 Å². The van der Waals surface area contributed by atoms with Gasteiger partial charge in [0.15, 0.2) is 0 Å². The molecule has 124 valence electrons. The number of H-pyrrole nitrogens is 1. The Morgan fingerprint density at radius 2 is 2.09 bits per heavy atom. The first-order chi connectivity index (χ1) is 11.0. The molecule has 2 rings (SSSR count). The van der Waals surface area contributed by atoms with Crippen LogP contribution >= 0.6 is 0 Å². The fourth-order valence-corrected chi connectivity index (χ4v) is 2.76. The van der Waals surface area contributed by atoms with Crippen LogP contribution in [0.15, 0.2) is 30.6 Å². The Balaban J connectivity index is 1.87. The highest BCUT2D eigenvalue weighted by Gasteiger charge is 2.12. The van der Waals surface area contributed by atoms with E-state index in [9.17, 15) is 4.79 Å². The number of hydrogen-bond donors (Lipinski definition) is 2. The van der Waals surface area contributed by atoms with Crippen LogP contribution in [0.1, 0.15) is 33.3 Å². The molecular weight excluding hydrogens is 288 g/mol. The molecule has 0 aliphatic carbocycles. The molecule has 2 aromatic heterocycles. The van der Waals surface area contributed by atoms with Gasteiger partial charge in [-0.2, -0.15) is 0 Å². The van der Waals surface area contributed by atoms with Crippen molar-refractivity contribution in [3.8, 4) is 0 Å². The molecule has 23 heavy (non-hydrogen) atoms. The van der Waals surface area contributed by atoms with Gasteiger partial charge >= 0.3 is 0 Å². The van der Waals surface area contributed by atoms with Gasteiger partial charge in [0.05, 0.1) is 0 Å². The van der Waals surface area contributed by atoms with E-state index in [-0.39, 0.29) is 5.91 Å². The molecule has 2 aromatic rings. The number of amides is 1. The molecule has 1 amide bonds. The quantitative estimate of drug-likeness (QED) is 0.773. The van der Waals surface area contributed by atoms with Gasteiger partial charge in [0.2, 0.25) is 5.91 Å². The standard InChI is InChI=1S/C18H26N4O/c1-13(2)22(14(3)4)11-10-19-17(23)8-7-15-12-21-18-16(15)6-5-9-20-18/h5-9,12-14H,10-11H2,1-4H3,(H,19,23)(H,20,21)/b8-7+. The van der Waals surface area contributed by atoms with Crippen LogP contribution in [0.3, 0.4) is 0 Å². The first-order valence-electron chi connectivity index (χ1n) is 8.12. The molecular formula is C18H26N4O. The highest BCUT2D eigenvalue weighted by atomic mass is 16.1.